The average molecular weight is 351 g/mol. The van der Waals surface area contributed by atoms with Gasteiger partial charge in [0.05, 0.1) is 0 Å². The molecule has 1 aromatic heterocycles. The Hall–Kier alpha value is -2.59. The molecule has 0 spiro atoms. The van der Waals surface area contributed by atoms with Gasteiger partial charge in [0.2, 0.25) is 0 Å². The van der Waals surface area contributed by atoms with Crippen molar-refractivity contribution in [3.8, 4) is 5.75 Å². The predicted octanol–water partition coefficient (Wildman–Crippen LogP) is 4.87. The molecule has 0 saturated heterocycles. The van der Waals surface area contributed by atoms with E-state index in [4.69, 9.17) is 4.74 Å². The van der Waals surface area contributed by atoms with Gasteiger partial charge in [-0.1, -0.05) is 30.3 Å². The van der Waals surface area contributed by atoms with Crippen molar-refractivity contribution >= 4 is 17.2 Å². The largest absolute Gasteiger partial charge is 0.489 e. The molecule has 3 aromatic rings. The van der Waals surface area contributed by atoms with Gasteiger partial charge in [-0.15, -0.1) is 11.3 Å². The van der Waals surface area contributed by atoms with Gasteiger partial charge >= 0.3 is 0 Å². The molecular formula is C21H21NO2S. The number of carbonyl (C=O) groups is 1. The van der Waals surface area contributed by atoms with Crippen molar-refractivity contribution in [2.24, 2.45) is 0 Å². The topological polar surface area (TPSA) is 38.3 Å². The van der Waals surface area contributed by atoms with Gasteiger partial charge < -0.3 is 10.1 Å². The first kappa shape index (κ1) is 17.2. The lowest BCUT2D eigenvalue weighted by molar-refractivity contribution is 0.0951. The first-order valence-electron chi connectivity index (χ1n) is 8.22. The van der Waals surface area contributed by atoms with Crippen LogP contribution >= 0.6 is 11.3 Å². The van der Waals surface area contributed by atoms with E-state index >= 15 is 0 Å². The minimum Gasteiger partial charge on any atom is -0.489 e. The molecule has 0 radical (unpaired) electrons. The Morgan fingerprint density at radius 3 is 2.40 bits per heavy atom. The van der Waals surface area contributed by atoms with E-state index in [0.717, 1.165) is 11.3 Å². The van der Waals surface area contributed by atoms with E-state index in [-0.39, 0.29) is 5.91 Å². The van der Waals surface area contributed by atoms with Crippen molar-refractivity contribution in [3.05, 3.63) is 87.1 Å². The number of hydrogen-bond donors (Lipinski definition) is 1. The quantitative estimate of drug-likeness (QED) is 0.688. The van der Waals surface area contributed by atoms with Crippen LogP contribution < -0.4 is 10.1 Å². The minimum atomic E-state index is -0.0714. The average Bonchev–Trinajstić information content (AvgIpc) is 2.97. The highest BCUT2D eigenvalue weighted by Crippen LogP contribution is 2.20. The van der Waals surface area contributed by atoms with E-state index < -0.39 is 0 Å². The lowest BCUT2D eigenvalue weighted by Crippen LogP contribution is -2.22. The van der Waals surface area contributed by atoms with E-state index in [1.54, 1.807) is 23.5 Å². The smallest absolute Gasteiger partial charge is 0.251 e. The van der Waals surface area contributed by atoms with Gasteiger partial charge in [0, 0.05) is 17.0 Å². The normalized spacial score (nSPS) is 10.5. The molecule has 0 aliphatic carbocycles. The Morgan fingerprint density at radius 2 is 1.76 bits per heavy atom. The highest BCUT2D eigenvalue weighted by Gasteiger charge is 2.08. The first-order valence-corrected chi connectivity index (χ1v) is 9.10. The Balaban J connectivity index is 1.54. The third kappa shape index (κ3) is 4.48. The van der Waals surface area contributed by atoms with Crippen LogP contribution in [0, 0.1) is 13.8 Å². The standard InChI is InChI=1S/C21H21NO2S/c1-15-16(2)25-14-19(15)12-22-21(23)18-8-10-20(11-9-18)24-13-17-6-4-3-5-7-17/h3-11,14H,12-13H2,1-2H3,(H,22,23). The Labute approximate surface area is 152 Å². The van der Waals surface area contributed by atoms with E-state index in [2.05, 4.69) is 24.5 Å². The van der Waals surface area contributed by atoms with E-state index in [9.17, 15) is 4.79 Å². The molecule has 2 aromatic carbocycles. The van der Waals surface area contributed by atoms with Crippen LogP contribution in [0.5, 0.6) is 5.75 Å². The van der Waals surface area contributed by atoms with Crippen LogP contribution in [0.25, 0.3) is 0 Å². The molecular weight excluding hydrogens is 330 g/mol. The molecule has 3 nitrogen and oxygen atoms in total. The number of ether oxygens (including phenoxy) is 1. The maximum atomic E-state index is 12.3. The van der Waals surface area contributed by atoms with Gasteiger partial charge in [0.15, 0.2) is 0 Å². The molecule has 3 rings (SSSR count). The summed E-state index contributed by atoms with van der Waals surface area (Å²) in [5.74, 6) is 0.683. The van der Waals surface area contributed by atoms with Crippen LogP contribution in [0.1, 0.15) is 31.9 Å². The number of benzene rings is 2. The summed E-state index contributed by atoms with van der Waals surface area (Å²) in [6.45, 7) is 5.26. The van der Waals surface area contributed by atoms with Crippen molar-refractivity contribution in [2.75, 3.05) is 0 Å². The fourth-order valence-corrected chi connectivity index (χ4v) is 3.34. The molecule has 0 fully saturated rings. The maximum Gasteiger partial charge on any atom is 0.251 e. The van der Waals surface area contributed by atoms with Crippen LogP contribution in [-0.2, 0) is 13.2 Å². The Kier molecular flexibility index (Phi) is 5.51. The molecule has 0 atom stereocenters. The zero-order valence-electron chi connectivity index (χ0n) is 14.4. The lowest BCUT2D eigenvalue weighted by Gasteiger charge is -2.08. The van der Waals surface area contributed by atoms with Crippen LogP contribution in [0.2, 0.25) is 0 Å². The number of rotatable bonds is 6. The van der Waals surface area contributed by atoms with E-state index in [0.29, 0.717) is 18.7 Å². The summed E-state index contributed by atoms with van der Waals surface area (Å²) < 4.78 is 5.74. The van der Waals surface area contributed by atoms with Crippen molar-refractivity contribution in [3.63, 3.8) is 0 Å². The molecule has 0 aliphatic rings. The second-order valence-electron chi connectivity index (χ2n) is 5.92. The molecule has 0 unspecified atom stereocenters. The molecule has 0 bridgehead atoms. The number of thiophene rings is 1. The first-order chi connectivity index (χ1) is 12.1. The number of carbonyl (C=O) groups excluding carboxylic acids is 1. The predicted molar refractivity (Wildman–Crippen MR) is 102 cm³/mol. The van der Waals surface area contributed by atoms with Crippen molar-refractivity contribution in [1.29, 1.82) is 0 Å². The number of hydrogen-bond acceptors (Lipinski definition) is 3. The highest BCUT2D eigenvalue weighted by atomic mass is 32.1. The van der Waals surface area contributed by atoms with Crippen LogP contribution in [0.3, 0.4) is 0 Å². The summed E-state index contributed by atoms with van der Waals surface area (Å²) in [6.07, 6.45) is 0. The van der Waals surface area contributed by atoms with Gasteiger partial charge in [0.25, 0.3) is 5.91 Å². The van der Waals surface area contributed by atoms with Crippen molar-refractivity contribution in [2.45, 2.75) is 27.0 Å². The zero-order valence-corrected chi connectivity index (χ0v) is 15.2. The molecule has 1 heterocycles. The van der Waals surface area contributed by atoms with Gasteiger partial charge in [-0.2, -0.15) is 0 Å². The molecule has 4 heteroatoms. The Morgan fingerprint density at radius 1 is 1.04 bits per heavy atom. The third-order valence-electron chi connectivity index (χ3n) is 4.19. The second-order valence-corrected chi connectivity index (χ2v) is 7.01. The highest BCUT2D eigenvalue weighted by molar-refractivity contribution is 7.10. The Bertz CT molecular complexity index is 838. The maximum absolute atomic E-state index is 12.3. The van der Waals surface area contributed by atoms with Gasteiger partial charge in [-0.05, 0) is 60.2 Å². The minimum absolute atomic E-state index is 0.0714. The lowest BCUT2D eigenvalue weighted by atomic mass is 10.1. The summed E-state index contributed by atoms with van der Waals surface area (Å²) in [5.41, 5.74) is 4.19. The fourth-order valence-electron chi connectivity index (χ4n) is 2.46. The number of aryl methyl sites for hydroxylation is 1. The second kappa shape index (κ2) is 7.99. The SMILES string of the molecule is Cc1scc(CNC(=O)c2ccc(OCc3ccccc3)cc2)c1C. The number of nitrogens with one attached hydrogen (secondary N) is 1. The summed E-state index contributed by atoms with van der Waals surface area (Å²) in [6, 6.07) is 17.3. The monoisotopic (exact) mass is 351 g/mol. The molecule has 1 N–H and O–H groups in total. The molecule has 128 valence electrons. The van der Waals surface area contributed by atoms with Gasteiger partial charge in [-0.25, -0.2) is 0 Å². The summed E-state index contributed by atoms with van der Waals surface area (Å²) in [4.78, 5) is 13.6. The fraction of sp³-hybridized carbons (Fsp3) is 0.190. The summed E-state index contributed by atoms with van der Waals surface area (Å²) in [5, 5.41) is 5.08. The molecule has 0 aliphatic heterocycles. The summed E-state index contributed by atoms with van der Waals surface area (Å²) in [7, 11) is 0. The van der Waals surface area contributed by atoms with Crippen molar-refractivity contribution < 1.29 is 9.53 Å². The van der Waals surface area contributed by atoms with Gasteiger partial charge in [0.1, 0.15) is 12.4 Å². The summed E-state index contributed by atoms with van der Waals surface area (Å²) >= 11 is 1.72. The van der Waals surface area contributed by atoms with E-state index in [1.807, 2.05) is 42.5 Å². The number of amides is 1. The third-order valence-corrected chi connectivity index (χ3v) is 5.25. The van der Waals surface area contributed by atoms with Crippen molar-refractivity contribution in [1.82, 2.24) is 5.32 Å². The van der Waals surface area contributed by atoms with Crippen LogP contribution in [0.4, 0.5) is 0 Å². The molecule has 0 saturated carbocycles. The van der Waals surface area contributed by atoms with E-state index in [1.165, 1.54) is 16.0 Å². The molecule has 1 amide bonds. The van der Waals surface area contributed by atoms with Crippen LogP contribution in [-0.4, -0.2) is 5.91 Å². The zero-order chi connectivity index (χ0) is 17.6. The van der Waals surface area contributed by atoms with Gasteiger partial charge in [-0.3, -0.25) is 4.79 Å². The van der Waals surface area contributed by atoms with Crippen LogP contribution in [0.15, 0.2) is 60.0 Å². The molecule has 25 heavy (non-hydrogen) atoms.